The molecule has 132 valence electrons. The molecular formula is C18H27N3O2S. The molecule has 2 amide bonds. The monoisotopic (exact) mass is 349 g/mol. The second-order valence-corrected chi connectivity index (χ2v) is 8.08. The quantitative estimate of drug-likeness (QED) is 0.857. The fraction of sp³-hybridized carbons (Fsp3) is 0.667. The molecule has 3 rings (SSSR count). The Bertz CT molecular complexity index is 589. The van der Waals surface area contributed by atoms with E-state index in [-0.39, 0.29) is 18.4 Å². The number of hydrogen-bond acceptors (Lipinski definition) is 4. The van der Waals surface area contributed by atoms with Gasteiger partial charge in [-0.2, -0.15) is 0 Å². The van der Waals surface area contributed by atoms with Crippen LogP contribution in [0.3, 0.4) is 0 Å². The Hall–Kier alpha value is -1.40. The number of rotatable bonds is 6. The summed E-state index contributed by atoms with van der Waals surface area (Å²) in [4.78, 5) is 31.2. The molecule has 1 aromatic heterocycles. The number of carbonyl (C=O) groups is 2. The molecule has 1 saturated heterocycles. The van der Waals surface area contributed by atoms with Gasteiger partial charge >= 0.3 is 0 Å². The molecule has 1 N–H and O–H groups in total. The highest BCUT2D eigenvalue weighted by molar-refractivity contribution is 7.13. The van der Waals surface area contributed by atoms with Crippen LogP contribution in [0.2, 0.25) is 0 Å². The number of piperidine rings is 1. The standard InChI is InChI=1S/C18H27N3O2S/c1-3-20-10-8-15(9-11-20)21(14-5-6-14)17(22)12-19-18(23)16-7-4-13(2)24-16/h4,7,14-15H,3,5-6,8-12H2,1-2H3,(H,19,23). The molecule has 2 heterocycles. The van der Waals surface area contributed by atoms with Gasteiger partial charge in [-0.3, -0.25) is 9.59 Å². The second kappa shape index (κ2) is 7.66. The summed E-state index contributed by atoms with van der Waals surface area (Å²) in [5.74, 6) is -0.0629. The molecule has 2 fully saturated rings. The Morgan fingerprint density at radius 3 is 2.42 bits per heavy atom. The molecule has 24 heavy (non-hydrogen) atoms. The van der Waals surface area contributed by atoms with Crippen molar-refractivity contribution in [1.29, 1.82) is 0 Å². The molecule has 6 heteroatoms. The molecule has 0 aromatic carbocycles. The van der Waals surface area contributed by atoms with Gasteiger partial charge in [-0.05, 0) is 51.3 Å². The highest BCUT2D eigenvalue weighted by atomic mass is 32.1. The van der Waals surface area contributed by atoms with E-state index in [4.69, 9.17) is 0 Å². The van der Waals surface area contributed by atoms with Gasteiger partial charge in [-0.15, -0.1) is 11.3 Å². The molecule has 0 radical (unpaired) electrons. The van der Waals surface area contributed by atoms with E-state index in [1.165, 1.54) is 11.3 Å². The topological polar surface area (TPSA) is 52.6 Å². The molecule has 0 unspecified atom stereocenters. The average molecular weight is 350 g/mol. The van der Waals surface area contributed by atoms with Gasteiger partial charge in [-0.25, -0.2) is 0 Å². The van der Waals surface area contributed by atoms with Gasteiger partial charge in [0.25, 0.3) is 5.91 Å². The maximum atomic E-state index is 12.7. The van der Waals surface area contributed by atoms with Gasteiger partial charge < -0.3 is 15.1 Å². The normalized spacial score (nSPS) is 19.2. The van der Waals surface area contributed by atoms with Crippen molar-refractivity contribution in [2.75, 3.05) is 26.2 Å². The van der Waals surface area contributed by atoms with Crippen LogP contribution in [0.4, 0.5) is 0 Å². The molecule has 0 spiro atoms. The molecule has 0 atom stereocenters. The Morgan fingerprint density at radius 1 is 1.21 bits per heavy atom. The Balaban J connectivity index is 1.54. The van der Waals surface area contributed by atoms with Crippen LogP contribution in [0.5, 0.6) is 0 Å². The van der Waals surface area contributed by atoms with Crippen molar-refractivity contribution in [2.24, 2.45) is 0 Å². The summed E-state index contributed by atoms with van der Waals surface area (Å²) in [5.41, 5.74) is 0. The average Bonchev–Trinajstić information content (AvgIpc) is 3.33. The lowest BCUT2D eigenvalue weighted by Crippen LogP contribution is -2.51. The Kier molecular flexibility index (Phi) is 5.56. The number of thiophene rings is 1. The van der Waals surface area contributed by atoms with Gasteiger partial charge in [-0.1, -0.05) is 6.92 Å². The molecule has 1 saturated carbocycles. The van der Waals surface area contributed by atoms with Crippen molar-refractivity contribution < 1.29 is 9.59 Å². The van der Waals surface area contributed by atoms with Crippen molar-refractivity contribution >= 4 is 23.2 Å². The minimum atomic E-state index is -0.141. The van der Waals surface area contributed by atoms with E-state index in [1.54, 1.807) is 0 Å². The van der Waals surface area contributed by atoms with Crippen molar-refractivity contribution in [3.05, 3.63) is 21.9 Å². The predicted molar refractivity (Wildman–Crippen MR) is 96.4 cm³/mol. The molecule has 1 aliphatic heterocycles. The fourth-order valence-electron chi connectivity index (χ4n) is 3.46. The first-order valence-electron chi connectivity index (χ1n) is 8.96. The number of carbonyl (C=O) groups excluding carboxylic acids is 2. The molecule has 1 aliphatic carbocycles. The third kappa shape index (κ3) is 4.16. The van der Waals surface area contributed by atoms with Crippen LogP contribution in [-0.4, -0.2) is 59.9 Å². The van der Waals surface area contributed by atoms with Crippen molar-refractivity contribution in [1.82, 2.24) is 15.1 Å². The summed E-state index contributed by atoms with van der Waals surface area (Å²) in [6.07, 6.45) is 4.32. The number of aryl methyl sites for hydroxylation is 1. The van der Waals surface area contributed by atoms with E-state index in [0.29, 0.717) is 17.0 Å². The van der Waals surface area contributed by atoms with Crippen LogP contribution >= 0.6 is 11.3 Å². The third-order valence-electron chi connectivity index (χ3n) is 4.99. The van der Waals surface area contributed by atoms with Gasteiger partial charge in [0.05, 0.1) is 11.4 Å². The van der Waals surface area contributed by atoms with E-state index < -0.39 is 0 Å². The van der Waals surface area contributed by atoms with Crippen molar-refractivity contribution in [2.45, 2.75) is 51.6 Å². The number of hydrogen-bond donors (Lipinski definition) is 1. The van der Waals surface area contributed by atoms with Crippen LogP contribution in [-0.2, 0) is 4.79 Å². The molecular weight excluding hydrogens is 322 g/mol. The van der Waals surface area contributed by atoms with E-state index in [9.17, 15) is 9.59 Å². The molecule has 0 bridgehead atoms. The number of nitrogens with zero attached hydrogens (tertiary/aromatic N) is 2. The highest BCUT2D eigenvalue weighted by Gasteiger charge is 2.38. The highest BCUT2D eigenvalue weighted by Crippen LogP contribution is 2.31. The Morgan fingerprint density at radius 2 is 1.88 bits per heavy atom. The lowest BCUT2D eigenvalue weighted by Gasteiger charge is -2.38. The number of nitrogens with one attached hydrogen (secondary N) is 1. The van der Waals surface area contributed by atoms with Gasteiger partial charge in [0.1, 0.15) is 0 Å². The van der Waals surface area contributed by atoms with Crippen LogP contribution < -0.4 is 5.32 Å². The summed E-state index contributed by atoms with van der Waals surface area (Å²) in [7, 11) is 0. The maximum Gasteiger partial charge on any atom is 0.261 e. The minimum absolute atomic E-state index is 0.0778. The zero-order valence-electron chi connectivity index (χ0n) is 14.6. The summed E-state index contributed by atoms with van der Waals surface area (Å²) in [5, 5.41) is 2.80. The Labute approximate surface area is 148 Å². The van der Waals surface area contributed by atoms with Crippen LogP contribution in [0.1, 0.15) is 47.2 Å². The van der Waals surface area contributed by atoms with Crippen molar-refractivity contribution in [3.63, 3.8) is 0 Å². The van der Waals surface area contributed by atoms with E-state index in [0.717, 1.165) is 50.2 Å². The van der Waals surface area contributed by atoms with E-state index in [2.05, 4.69) is 22.0 Å². The molecule has 2 aliphatic rings. The van der Waals surface area contributed by atoms with Crippen LogP contribution in [0.15, 0.2) is 12.1 Å². The van der Waals surface area contributed by atoms with Gasteiger partial charge in [0.15, 0.2) is 0 Å². The van der Waals surface area contributed by atoms with Gasteiger partial charge in [0, 0.05) is 30.1 Å². The lowest BCUT2D eigenvalue weighted by atomic mass is 10.0. The van der Waals surface area contributed by atoms with E-state index >= 15 is 0 Å². The summed E-state index contributed by atoms with van der Waals surface area (Å²) in [6, 6.07) is 4.49. The molecule has 5 nitrogen and oxygen atoms in total. The van der Waals surface area contributed by atoms with Gasteiger partial charge in [0.2, 0.25) is 5.91 Å². The first-order chi connectivity index (χ1) is 11.6. The lowest BCUT2D eigenvalue weighted by molar-refractivity contribution is -0.134. The summed E-state index contributed by atoms with van der Waals surface area (Å²) in [6.45, 7) is 7.49. The first kappa shape index (κ1) is 17.4. The molecule has 1 aromatic rings. The SMILES string of the molecule is CCN1CCC(N(C(=O)CNC(=O)c2ccc(C)s2)C2CC2)CC1. The first-order valence-corrected chi connectivity index (χ1v) is 9.78. The minimum Gasteiger partial charge on any atom is -0.342 e. The summed E-state index contributed by atoms with van der Waals surface area (Å²) < 4.78 is 0. The zero-order chi connectivity index (χ0) is 17.1. The fourth-order valence-corrected chi connectivity index (χ4v) is 4.25. The zero-order valence-corrected chi connectivity index (χ0v) is 15.4. The van der Waals surface area contributed by atoms with Crippen LogP contribution in [0, 0.1) is 6.92 Å². The predicted octanol–water partition coefficient (Wildman–Crippen LogP) is 2.26. The number of amides is 2. The number of likely N-dealkylation sites (tertiary alicyclic amines) is 1. The smallest absolute Gasteiger partial charge is 0.261 e. The summed E-state index contributed by atoms with van der Waals surface area (Å²) >= 11 is 1.46. The van der Waals surface area contributed by atoms with E-state index in [1.807, 2.05) is 19.1 Å². The largest absolute Gasteiger partial charge is 0.342 e. The maximum absolute atomic E-state index is 12.7. The third-order valence-corrected chi connectivity index (χ3v) is 5.99. The van der Waals surface area contributed by atoms with Crippen LogP contribution in [0.25, 0.3) is 0 Å². The second-order valence-electron chi connectivity index (χ2n) is 6.79. The van der Waals surface area contributed by atoms with Crippen molar-refractivity contribution in [3.8, 4) is 0 Å².